The average Bonchev–Trinajstić information content (AvgIpc) is 3.27. The van der Waals surface area contributed by atoms with Crippen molar-refractivity contribution in [3.63, 3.8) is 0 Å². The van der Waals surface area contributed by atoms with E-state index in [-0.39, 0.29) is 0 Å². The molecule has 328 valence electrons. The molecule has 0 aliphatic carbocycles. The van der Waals surface area contributed by atoms with Crippen LogP contribution in [0.1, 0.15) is 5.56 Å². The Morgan fingerprint density at radius 3 is 0.968 bits per heavy atom. The summed E-state index contributed by atoms with van der Waals surface area (Å²) in [6, 6.07) is 18.9. The summed E-state index contributed by atoms with van der Waals surface area (Å²) in [6.45, 7) is 0.906. The summed E-state index contributed by atoms with van der Waals surface area (Å²) >= 11 is 3.58. The number of pyridine rings is 1. The zero-order valence-corrected chi connectivity index (χ0v) is 31.6. The topological polar surface area (TPSA) is 3.88 Å². The molecule has 1 heterocycles. The second kappa shape index (κ2) is 17.2. The maximum Gasteiger partial charge on any atom is 0.200 e. The Bertz CT molecular complexity index is 2620. The van der Waals surface area contributed by atoms with E-state index in [1.165, 1.54) is 16.3 Å². The standard InChI is InChI=1S/C24BF20.C16H13BrN/c26-5-1(6(27)14(35)21(42)13(5)34)25(2-7(28)15(36)22(43)16(37)8(2)29,3-9(30)17(38)23(44)18(39)10(3)31)4-11(32)19(40)24(45)20(41)12(4)33;17-16-8-4-7-14-12-18(10-9-15(14)16)11-13-5-2-1-3-6-13/h;1-10,12H,11H2/q-1;+1. The van der Waals surface area contributed by atoms with Crippen molar-refractivity contribution in [3.05, 3.63) is 193 Å². The molecular weight excluding hydrogens is 965 g/mol. The third kappa shape index (κ3) is 7.32. The van der Waals surface area contributed by atoms with Gasteiger partial charge in [-0.15, -0.1) is 21.9 Å². The molecule has 1 nitrogen and oxygen atoms in total. The number of fused-ring (bicyclic) bond motifs is 1. The van der Waals surface area contributed by atoms with Gasteiger partial charge < -0.3 is 0 Å². The number of hydrogen-bond acceptors (Lipinski definition) is 0. The van der Waals surface area contributed by atoms with Crippen molar-refractivity contribution < 1.29 is 92.4 Å². The summed E-state index contributed by atoms with van der Waals surface area (Å²) < 4.78 is 297. The van der Waals surface area contributed by atoms with Crippen molar-refractivity contribution >= 4 is 54.7 Å². The zero-order chi connectivity index (χ0) is 46.7. The molecule has 0 unspecified atom stereocenters. The lowest BCUT2D eigenvalue weighted by Gasteiger charge is -2.44. The van der Waals surface area contributed by atoms with Gasteiger partial charge in [0.1, 0.15) is 52.7 Å². The van der Waals surface area contributed by atoms with E-state index in [0.29, 0.717) is 0 Å². The van der Waals surface area contributed by atoms with Crippen LogP contribution in [0.25, 0.3) is 10.8 Å². The van der Waals surface area contributed by atoms with Crippen molar-refractivity contribution in [3.8, 4) is 0 Å². The van der Waals surface area contributed by atoms with Crippen LogP contribution < -0.4 is 26.4 Å². The lowest BCUT2D eigenvalue weighted by atomic mass is 9.12. The van der Waals surface area contributed by atoms with Crippen LogP contribution in [-0.2, 0) is 6.54 Å². The van der Waals surface area contributed by atoms with Gasteiger partial charge in [-0.1, -0.05) is 52.3 Å². The first-order valence-corrected chi connectivity index (χ1v) is 17.7. The maximum absolute atomic E-state index is 15.4. The molecule has 7 rings (SSSR count). The van der Waals surface area contributed by atoms with Crippen molar-refractivity contribution in [2.75, 3.05) is 0 Å². The molecule has 0 aliphatic rings. The van der Waals surface area contributed by atoms with E-state index in [4.69, 9.17) is 0 Å². The third-order valence-corrected chi connectivity index (χ3v) is 10.4. The molecule has 0 aliphatic heterocycles. The second-order valence-corrected chi connectivity index (χ2v) is 14.0. The molecular formula is C40H13BBrF20N. The SMILES string of the molecule is Brc1cccc2c[n+](Cc3ccccc3)ccc12.Fc1c(F)c(F)c([B-](c2c(F)c(F)c(F)c(F)c2F)(c2c(F)c(F)c(F)c(F)c2F)c2c(F)c(F)c(F)c(F)c2F)c(F)c1F. The highest BCUT2D eigenvalue weighted by Gasteiger charge is 2.52. The summed E-state index contributed by atoms with van der Waals surface area (Å²) in [4.78, 5) is 0. The number of benzene rings is 6. The first-order chi connectivity index (χ1) is 29.5. The predicted molar refractivity (Wildman–Crippen MR) is 187 cm³/mol. The fraction of sp³-hybridized carbons (Fsp3) is 0.0250. The molecule has 63 heavy (non-hydrogen) atoms. The highest BCUT2D eigenvalue weighted by molar-refractivity contribution is 9.10. The lowest BCUT2D eigenvalue weighted by Crippen LogP contribution is -2.81. The highest BCUT2D eigenvalue weighted by Crippen LogP contribution is 2.31. The summed E-state index contributed by atoms with van der Waals surface area (Å²) in [5.41, 5.74) is -13.0. The number of halogens is 21. The Balaban J connectivity index is 0.000000302. The summed E-state index contributed by atoms with van der Waals surface area (Å²) in [7, 11) is 0. The molecule has 0 saturated heterocycles. The maximum atomic E-state index is 15.4. The zero-order valence-electron chi connectivity index (χ0n) is 30.0. The Labute approximate surface area is 346 Å². The van der Waals surface area contributed by atoms with Gasteiger partial charge in [-0.3, -0.25) is 0 Å². The highest BCUT2D eigenvalue weighted by atomic mass is 79.9. The van der Waals surface area contributed by atoms with E-state index in [0.717, 1.165) is 11.0 Å². The monoisotopic (exact) mass is 977 g/mol. The number of aromatic nitrogens is 1. The smallest absolute Gasteiger partial charge is 0.200 e. The molecule has 23 heteroatoms. The quantitative estimate of drug-likeness (QED) is 0.0514. The first-order valence-electron chi connectivity index (χ1n) is 16.9. The predicted octanol–water partition coefficient (Wildman–Crippen LogP) is 9.78. The summed E-state index contributed by atoms with van der Waals surface area (Å²) in [6.07, 6.45) is -2.90. The van der Waals surface area contributed by atoms with Gasteiger partial charge >= 0.3 is 0 Å². The Morgan fingerprint density at radius 1 is 0.349 bits per heavy atom. The van der Waals surface area contributed by atoms with Gasteiger partial charge in [0.25, 0.3) is 0 Å². The van der Waals surface area contributed by atoms with E-state index in [2.05, 4.69) is 81.4 Å². The van der Waals surface area contributed by atoms with E-state index in [1.54, 1.807) is 0 Å². The molecule has 0 atom stereocenters. The minimum Gasteiger partial charge on any atom is -0.207 e. The van der Waals surface area contributed by atoms with Crippen molar-refractivity contribution in [2.45, 2.75) is 6.54 Å². The normalized spacial score (nSPS) is 11.6. The van der Waals surface area contributed by atoms with Gasteiger partial charge in [0.15, 0.2) is 88.7 Å². The van der Waals surface area contributed by atoms with Crippen molar-refractivity contribution in [1.82, 2.24) is 0 Å². The molecule has 0 bridgehead atoms. The summed E-state index contributed by atoms with van der Waals surface area (Å²) in [5.74, 6) is -71.4. The van der Waals surface area contributed by atoms with Crippen LogP contribution in [0.3, 0.4) is 0 Å². The molecule has 6 aromatic carbocycles. The van der Waals surface area contributed by atoms with Gasteiger partial charge in [-0.05, 0) is 12.1 Å². The van der Waals surface area contributed by atoms with Crippen LogP contribution in [0.15, 0.2) is 71.5 Å². The Morgan fingerprint density at radius 2 is 0.651 bits per heavy atom. The molecule has 0 amide bonds. The molecule has 0 spiro atoms. The lowest BCUT2D eigenvalue weighted by molar-refractivity contribution is -0.687. The fourth-order valence-corrected chi connectivity index (χ4v) is 7.51. The molecule has 7 aromatic rings. The third-order valence-electron chi connectivity index (χ3n) is 9.74. The summed E-state index contributed by atoms with van der Waals surface area (Å²) in [5, 5.41) is 2.50. The molecule has 0 saturated carbocycles. The van der Waals surface area contributed by atoms with Crippen LogP contribution in [0.5, 0.6) is 0 Å². The van der Waals surface area contributed by atoms with Gasteiger partial charge in [0, 0.05) is 26.9 Å². The average molecular weight is 978 g/mol. The Hall–Kier alpha value is -6.13. The first kappa shape index (κ1) is 46.4. The largest absolute Gasteiger partial charge is 0.207 e. The minimum atomic E-state index is -7.22. The van der Waals surface area contributed by atoms with Crippen LogP contribution in [-0.4, -0.2) is 6.15 Å². The minimum absolute atomic E-state index is 0.906. The van der Waals surface area contributed by atoms with E-state index >= 15 is 35.1 Å². The molecule has 1 aromatic heterocycles. The van der Waals surface area contributed by atoms with Crippen molar-refractivity contribution in [2.24, 2.45) is 0 Å². The molecule has 0 fully saturated rings. The molecule has 0 radical (unpaired) electrons. The fourth-order valence-electron chi connectivity index (χ4n) is 7.00. The van der Waals surface area contributed by atoms with E-state index < -0.39 is 144 Å². The number of hydrogen-bond donors (Lipinski definition) is 0. The van der Waals surface area contributed by atoms with Gasteiger partial charge in [0.05, 0.1) is 0 Å². The Kier molecular flexibility index (Phi) is 12.7. The number of rotatable bonds is 6. The van der Waals surface area contributed by atoms with Crippen LogP contribution in [0.4, 0.5) is 87.8 Å². The van der Waals surface area contributed by atoms with Crippen LogP contribution in [0, 0.1) is 116 Å². The van der Waals surface area contributed by atoms with Crippen LogP contribution in [0.2, 0.25) is 0 Å². The number of nitrogens with zero attached hydrogens (tertiary/aromatic N) is 1. The second-order valence-electron chi connectivity index (χ2n) is 13.1. The van der Waals surface area contributed by atoms with Crippen LogP contribution >= 0.6 is 15.9 Å². The van der Waals surface area contributed by atoms with E-state index in [1.807, 2.05) is 6.07 Å². The van der Waals surface area contributed by atoms with E-state index in [9.17, 15) is 52.7 Å². The van der Waals surface area contributed by atoms with Gasteiger partial charge in [0.2, 0.25) is 0 Å². The molecule has 0 N–H and O–H groups in total. The van der Waals surface area contributed by atoms with Gasteiger partial charge in [-0.25, -0.2) is 92.4 Å². The van der Waals surface area contributed by atoms with Crippen molar-refractivity contribution in [1.29, 1.82) is 0 Å². The van der Waals surface area contributed by atoms with Gasteiger partial charge in [-0.2, -0.15) is 0 Å².